The number of amides is 1. The summed E-state index contributed by atoms with van der Waals surface area (Å²) in [5.74, 6) is -1.30. The largest absolute Gasteiger partial charge is 0.434 e. The average molecular weight is 466 g/mol. The van der Waals surface area contributed by atoms with E-state index in [0.717, 1.165) is 12.3 Å². The van der Waals surface area contributed by atoms with E-state index >= 15 is 0 Å². The van der Waals surface area contributed by atoms with Crippen LogP contribution in [0, 0.1) is 5.41 Å². The zero-order valence-corrected chi connectivity index (χ0v) is 16.2. The third-order valence-corrected chi connectivity index (χ3v) is 4.65. The minimum Gasteiger partial charge on any atom is -0.347 e. The Hall–Kier alpha value is -4.16. The number of hydrogen-bond acceptors (Lipinski definition) is 4. The van der Waals surface area contributed by atoms with Crippen molar-refractivity contribution in [2.75, 3.05) is 5.32 Å². The zero-order chi connectivity index (χ0) is 24.0. The van der Waals surface area contributed by atoms with Gasteiger partial charge < -0.3 is 10.3 Å². The normalized spacial score (nSPS) is 12.2. The number of carbonyl (C=O) groups excluding carboxylic acids is 1. The molecular formula is C20H12F6N6O. The monoisotopic (exact) mass is 466 g/mol. The van der Waals surface area contributed by atoms with Crippen molar-refractivity contribution in [3.8, 4) is 5.69 Å². The van der Waals surface area contributed by atoms with Crippen LogP contribution < -0.4 is 10.8 Å². The van der Waals surface area contributed by atoms with Gasteiger partial charge in [0.25, 0.3) is 5.91 Å². The maximum Gasteiger partial charge on any atom is 0.434 e. The molecule has 170 valence electrons. The molecule has 1 aromatic carbocycles. The van der Waals surface area contributed by atoms with Crippen molar-refractivity contribution in [1.29, 1.82) is 5.41 Å². The lowest BCUT2D eigenvalue weighted by atomic mass is 10.1. The van der Waals surface area contributed by atoms with E-state index in [1.165, 1.54) is 30.5 Å². The standard InChI is InChI=1S/C20H12F6N6O/c21-19(22,23)15-8-10(4-6-28-15)31-18(33)13-9-30-32(16(13)20(24,25)26)14-3-1-2-12-11(14)5-7-29-17(12)27/h1-9H,(H2,27,29)(H,28,31,33). The summed E-state index contributed by atoms with van der Waals surface area (Å²) >= 11 is 0. The molecule has 13 heteroatoms. The van der Waals surface area contributed by atoms with E-state index in [9.17, 15) is 31.1 Å². The molecule has 0 fully saturated rings. The number of nitrogens with zero attached hydrogens (tertiary/aromatic N) is 3. The van der Waals surface area contributed by atoms with Crippen LogP contribution in [0.25, 0.3) is 16.5 Å². The Balaban J connectivity index is 1.81. The Morgan fingerprint density at radius 1 is 1.03 bits per heavy atom. The van der Waals surface area contributed by atoms with E-state index in [1.807, 2.05) is 5.32 Å². The molecule has 0 saturated heterocycles. The Labute approximate surface area is 180 Å². The number of pyridine rings is 2. The van der Waals surface area contributed by atoms with Crippen LogP contribution in [0.15, 0.2) is 55.0 Å². The van der Waals surface area contributed by atoms with Gasteiger partial charge in [-0.2, -0.15) is 31.4 Å². The van der Waals surface area contributed by atoms with Gasteiger partial charge in [-0.15, -0.1) is 0 Å². The molecule has 0 radical (unpaired) electrons. The molecule has 0 aliphatic rings. The first-order valence-electron chi connectivity index (χ1n) is 9.12. The third kappa shape index (κ3) is 4.16. The molecule has 33 heavy (non-hydrogen) atoms. The topological polar surface area (TPSA) is 99.5 Å². The number of rotatable bonds is 3. The summed E-state index contributed by atoms with van der Waals surface area (Å²) < 4.78 is 81.0. The number of hydrogen-bond donors (Lipinski definition) is 3. The molecule has 0 saturated carbocycles. The highest BCUT2D eigenvalue weighted by Crippen LogP contribution is 2.35. The molecular weight excluding hydrogens is 454 g/mol. The quantitative estimate of drug-likeness (QED) is 0.387. The molecule has 7 nitrogen and oxygen atoms in total. The third-order valence-electron chi connectivity index (χ3n) is 4.65. The van der Waals surface area contributed by atoms with Crippen LogP contribution >= 0.6 is 0 Å². The second-order valence-electron chi connectivity index (χ2n) is 6.79. The van der Waals surface area contributed by atoms with Crippen molar-refractivity contribution in [3.63, 3.8) is 0 Å². The van der Waals surface area contributed by atoms with E-state index in [-0.39, 0.29) is 22.2 Å². The van der Waals surface area contributed by atoms with Crippen molar-refractivity contribution in [2.24, 2.45) is 0 Å². The lowest BCUT2D eigenvalue weighted by Gasteiger charge is -2.14. The lowest BCUT2D eigenvalue weighted by Crippen LogP contribution is -2.21. The number of alkyl halides is 6. The molecule has 0 aliphatic carbocycles. The Morgan fingerprint density at radius 2 is 1.79 bits per heavy atom. The van der Waals surface area contributed by atoms with Crippen LogP contribution in [0.5, 0.6) is 0 Å². The smallest absolute Gasteiger partial charge is 0.347 e. The van der Waals surface area contributed by atoms with Gasteiger partial charge in [0.05, 0.1) is 17.4 Å². The molecule has 0 unspecified atom stereocenters. The maximum atomic E-state index is 14.0. The van der Waals surface area contributed by atoms with Crippen molar-refractivity contribution in [1.82, 2.24) is 19.7 Å². The number of halogens is 6. The lowest BCUT2D eigenvalue weighted by molar-refractivity contribution is -0.143. The number of fused-ring (bicyclic) bond motifs is 1. The zero-order valence-electron chi connectivity index (χ0n) is 16.2. The summed E-state index contributed by atoms with van der Waals surface area (Å²) in [6.07, 6.45) is -7.01. The van der Waals surface area contributed by atoms with Gasteiger partial charge in [0, 0.05) is 28.9 Å². The van der Waals surface area contributed by atoms with Gasteiger partial charge in [-0.05, 0) is 24.3 Å². The van der Waals surface area contributed by atoms with Gasteiger partial charge in [-0.1, -0.05) is 12.1 Å². The second kappa shape index (κ2) is 7.76. The van der Waals surface area contributed by atoms with E-state index < -0.39 is 35.2 Å². The second-order valence-corrected chi connectivity index (χ2v) is 6.79. The maximum absolute atomic E-state index is 14.0. The van der Waals surface area contributed by atoms with Gasteiger partial charge in [0.2, 0.25) is 0 Å². The van der Waals surface area contributed by atoms with Crippen molar-refractivity contribution < 1.29 is 31.1 Å². The molecule has 3 aromatic heterocycles. The molecule has 1 amide bonds. The summed E-state index contributed by atoms with van der Waals surface area (Å²) in [5, 5.41) is 14.2. The fraction of sp³-hybridized carbons (Fsp3) is 0.100. The van der Waals surface area contributed by atoms with E-state index in [4.69, 9.17) is 5.41 Å². The van der Waals surface area contributed by atoms with Crippen molar-refractivity contribution in [3.05, 3.63) is 77.4 Å². The average Bonchev–Trinajstić information content (AvgIpc) is 3.19. The number of aromatic amines is 1. The van der Waals surface area contributed by atoms with Gasteiger partial charge in [0.1, 0.15) is 11.2 Å². The molecule has 3 N–H and O–H groups in total. The van der Waals surface area contributed by atoms with Crippen LogP contribution in [0.1, 0.15) is 21.7 Å². The predicted molar refractivity (Wildman–Crippen MR) is 103 cm³/mol. The van der Waals surface area contributed by atoms with Gasteiger partial charge in [-0.25, -0.2) is 4.68 Å². The van der Waals surface area contributed by atoms with Crippen LogP contribution in [0.4, 0.5) is 32.0 Å². The first-order valence-corrected chi connectivity index (χ1v) is 9.12. The summed E-state index contributed by atoms with van der Waals surface area (Å²) in [7, 11) is 0. The SMILES string of the molecule is N=c1[nH]ccc2c(-n3ncc(C(=O)Nc4ccnc(C(F)(F)F)c4)c3C(F)(F)F)cccc12. The molecule has 3 heterocycles. The van der Waals surface area contributed by atoms with E-state index in [1.54, 1.807) is 0 Å². The van der Waals surface area contributed by atoms with Crippen LogP contribution in [0.3, 0.4) is 0 Å². The molecule has 0 bridgehead atoms. The number of carbonyl (C=O) groups is 1. The number of benzene rings is 1. The van der Waals surface area contributed by atoms with Crippen molar-refractivity contribution in [2.45, 2.75) is 12.4 Å². The van der Waals surface area contributed by atoms with Gasteiger partial charge in [-0.3, -0.25) is 15.2 Å². The fourth-order valence-electron chi connectivity index (χ4n) is 3.25. The summed E-state index contributed by atoms with van der Waals surface area (Å²) in [5.41, 5.74) is -4.08. The first kappa shape index (κ1) is 22.0. The van der Waals surface area contributed by atoms with Gasteiger partial charge >= 0.3 is 12.4 Å². The van der Waals surface area contributed by atoms with E-state index in [0.29, 0.717) is 22.3 Å². The summed E-state index contributed by atoms with van der Waals surface area (Å²) in [6.45, 7) is 0. The molecule has 0 aliphatic heterocycles. The van der Waals surface area contributed by atoms with Crippen LogP contribution in [-0.2, 0) is 12.4 Å². The summed E-state index contributed by atoms with van der Waals surface area (Å²) in [4.78, 5) is 18.4. The molecule has 0 atom stereocenters. The number of anilines is 1. The minimum atomic E-state index is -5.04. The Morgan fingerprint density at radius 3 is 2.48 bits per heavy atom. The Bertz CT molecular complexity index is 1420. The number of H-pyrrole nitrogens is 1. The minimum absolute atomic E-state index is 0.0359. The highest BCUT2D eigenvalue weighted by Gasteiger charge is 2.41. The van der Waals surface area contributed by atoms with E-state index in [2.05, 4.69) is 15.1 Å². The van der Waals surface area contributed by atoms with Gasteiger partial charge in [0.15, 0.2) is 5.69 Å². The fourth-order valence-corrected chi connectivity index (χ4v) is 3.25. The number of aromatic nitrogens is 4. The molecule has 0 spiro atoms. The highest BCUT2D eigenvalue weighted by molar-refractivity contribution is 6.05. The molecule has 4 rings (SSSR count). The number of nitrogens with one attached hydrogen (secondary N) is 3. The van der Waals surface area contributed by atoms with Crippen LogP contribution in [0.2, 0.25) is 0 Å². The highest BCUT2D eigenvalue weighted by atomic mass is 19.4. The van der Waals surface area contributed by atoms with Crippen LogP contribution in [-0.4, -0.2) is 25.7 Å². The predicted octanol–water partition coefficient (Wildman–Crippen LogP) is 4.52. The first-order chi connectivity index (χ1) is 15.5. The summed E-state index contributed by atoms with van der Waals surface area (Å²) in [6, 6.07) is 7.28. The molecule has 4 aromatic rings. The van der Waals surface area contributed by atoms with Crippen molar-refractivity contribution >= 4 is 22.4 Å². The Kier molecular flexibility index (Phi) is 5.18.